The lowest BCUT2D eigenvalue weighted by Gasteiger charge is -1.85. The third-order valence-electron chi connectivity index (χ3n) is 0.264. The zero-order valence-electron chi connectivity index (χ0n) is 2.75. The van der Waals surface area contributed by atoms with Gasteiger partial charge in [-0.2, -0.15) is 4.40 Å². The molecule has 0 aromatic carbocycles. The van der Waals surface area contributed by atoms with Crippen molar-refractivity contribution in [3.05, 3.63) is 0 Å². The summed E-state index contributed by atoms with van der Waals surface area (Å²) >= 11 is 1.00. The van der Waals surface area contributed by atoms with Crippen LogP contribution in [-0.2, 0) is 0 Å². The molecule has 1 aliphatic rings. The highest BCUT2D eigenvalue weighted by molar-refractivity contribution is 7.96. The van der Waals surface area contributed by atoms with Gasteiger partial charge in [0.25, 0.3) is 0 Å². The van der Waals surface area contributed by atoms with E-state index in [4.69, 9.17) is 0 Å². The Bertz CT molecular complexity index is 65.5. The van der Waals surface area contributed by atoms with Crippen molar-refractivity contribution in [1.29, 1.82) is 0 Å². The lowest BCUT2D eigenvalue weighted by molar-refractivity contribution is 0.958. The summed E-state index contributed by atoms with van der Waals surface area (Å²) in [4.78, 5) is 0. The number of hydrogen-bond acceptors (Lipinski definition) is 5. The molecule has 1 heterocycles. The zero-order chi connectivity index (χ0) is 4.24. The minimum atomic E-state index is 1.00. The number of nitrogens with one attached hydrogen (secondary N) is 1. The predicted molar refractivity (Wildman–Crippen MR) is 23.0 cm³/mol. The topological polar surface area (TPSA) is 49.1 Å². The van der Waals surface area contributed by atoms with E-state index in [2.05, 4.69) is 25.9 Å². The van der Waals surface area contributed by atoms with Crippen LogP contribution in [0.3, 0.4) is 0 Å². The van der Waals surface area contributed by atoms with Gasteiger partial charge in [-0.25, -0.2) is 5.43 Å². The van der Waals surface area contributed by atoms with Gasteiger partial charge in [-0.3, -0.25) is 0 Å². The van der Waals surface area contributed by atoms with Crippen LogP contribution >= 0.6 is 12.1 Å². The summed E-state index contributed by atoms with van der Waals surface area (Å²) in [6.07, 6.45) is 2.36. The largest absolute Gasteiger partial charge is 0.238 e. The number of hydrogen-bond donors (Lipinski definition) is 1. The molecule has 0 saturated carbocycles. The van der Waals surface area contributed by atoms with Crippen LogP contribution in [0.1, 0.15) is 0 Å². The van der Waals surface area contributed by atoms with Crippen LogP contribution in [0.25, 0.3) is 0 Å². The molecular formula is CHN4S. The Labute approximate surface area is 39.0 Å². The second kappa shape index (κ2) is 1.76. The fourth-order valence-electron chi connectivity index (χ4n) is 0.120. The van der Waals surface area contributed by atoms with Crippen molar-refractivity contribution in [3.63, 3.8) is 0 Å². The summed E-state index contributed by atoms with van der Waals surface area (Å²) in [6, 6.07) is 0. The molecule has 0 bridgehead atoms. The standard InChI is InChI=1S/CHN4S/c1-2-4-5-6-3-1/h(H,2,3,5). The van der Waals surface area contributed by atoms with Gasteiger partial charge in [0.15, 0.2) is 0 Å². The third-order valence-corrected chi connectivity index (χ3v) is 0.591. The molecule has 0 spiro atoms. The predicted octanol–water partition coefficient (Wildman–Crippen LogP) is 0.425. The highest BCUT2D eigenvalue weighted by atomic mass is 32.2. The molecule has 1 rings (SSSR count). The molecule has 4 nitrogen and oxygen atoms in total. The van der Waals surface area contributed by atoms with Gasteiger partial charge < -0.3 is 0 Å². The average Bonchev–Trinajstić information content (AvgIpc) is 1.72. The molecule has 5 heteroatoms. The molecule has 0 atom stereocenters. The molecule has 0 fully saturated rings. The van der Waals surface area contributed by atoms with Crippen LogP contribution in [-0.4, -0.2) is 6.34 Å². The van der Waals surface area contributed by atoms with Crippen LogP contribution in [0.4, 0.5) is 0 Å². The van der Waals surface area contributed by atoms with Crippen LogP contribution < -0.4 is 5.43 Å². The number of nitrogens with zero attached hydrogens (tertiary/aromatic N) is 3. The van der Waals surface area contributed by atoms with Crippen LogP contribution in [0.15, 0.2) is 14.1 Å². The van der Waals surface area contributed by atoms with Crippen molar-refractivity contribution in [2.45, 2.75) is 0 Å². The van der Waals surface area contributed by atoms with Gasteiger partial charge in [0.05, 0.1) is 0 Å². The molecule has 0 aromatic rings. The fraction of sp³-hybridized carbons (Fsp3) is 0. The van der Waals surface area contributed by atoms with E-state index in [0.29, 0.717) is 0 Å². The molecule has 1 N–H and O–H groups in total. The van der Waals surface area contributed by atoms with Gasteiger partial charge in [-0.05, 0) is 0 Å². The Hall–Kier alpha value is -0.580. The van der Waals surface area contributed by atoms with Crippen molar-refractivity contribution < 1.29 is 0 Å². The lowest BCUT2D eigenvalue weighted by Crippen LogP contribution is -1.99. The summed E-state index contributed by atoms with van der Waals surface area (Å²) in [5.41, 5.74) is 2.31. The van der Waals surface area contributed by atoms with Gasteiger partial charge in [-0.15, -0.1) is 0 Å². The quantitative estimate of drug-likeness (QED) is 0.450. The Morgan fingerprint density at radius 1 is 1.67 bits per heavy atom. The molecule has 0 aromatic heterocycles. The molecule has 6 heavy (non-hydrogen) atoms. The highest BCUT2D eigenvalue weighted by Crippen LogP contribution is 2.02. The van der Waals surface area contributed by atoms with Crippen LogP contribution in [0.2, 0.25) is 0 Å². The van der Waals surface area contributed by atoms with Gasteiger partial charge in [-0.1, -0.05) is 9.74 Å². The average molecular weight is 101 g/mol. The van der Waals surface area contributed by atoms with E-state index in [9.17, 15) is 0 Å². The minimum absolute atomic E-state index is 1.00. The first kappa shape index (κ1) is 3.60. The molecular weight excluding hydrogens is 100 g/mol. The van der Waals surface area contributed by atoms with E-state index in [1.165, 1.54) is 0 Å². The van der Waals surface area contributed by atoms with E-state index < -0.39 is 0 Å². The maximum atomic E-state index is 3.47. The third kappa shape index (κ3) is 0.682. The van der Waals surface area contributed by atoms with Gasteiger partial charge in [0.1, 0.15) is 12.1 Å². The normalized spacial score (nSPS) is 17.3. The molecule has 0 unspecified atom stereocenters. The summed E-state index contributed by atoms with van der Waals surface area (Å²) < 4.78 is 6.85. The Balaban J connectivity index is 2.40. The van der Waals surface area contributed by atoms with Crippen LogP contribution in [0, 0.1) is 0 Å². The van der Waals surface area contributed by atoms with E-state index in [1.807, 2.05) is 0 Å². The van der Waals surface area contributed by atoms with Crippen molar-refractivity contribution >= 4 is 18.5 Å². The van der Waals surface area contributed by atoms with E-state index in [0.717, 1.165) is 12.1 Å². The molecule has 0 aliphatic carbocycles. The summed E-state index contributed by atoms with van der Waals surface area (Å²) in [6.45, 7) is 0. The molecule has 1 aliphatic heterocycles. The first-order valence-electron chi connectivity index (χ1n) is 1.26. The highest BCUT2D eigenvalue weighted by Gasteiger charge is 1.79. The Kier molecular flexibility index (Phi) is 1.06. The Morgan fingerprint density at radius 3 is 2.83 bits per heavy atom. The zero-order valence-corrected chi connectivity index (χ0v) is 3.57. The van der Waals surface area contributed by atoms with Crippen LogP contribution in [0.5, 0.6) is 0 Å². The van der Waals surface area contributed by atoms with E-state index >= 15 is 0 Å². The molecule has 31 valence electrons. The first-order chi connectivity index (χ1) is 3.00. The van der Waals surface area contributed by atoms with Gasteiger partial charge in [0.2, 0.25) is 6.34 Å². The van der Waals surface area contributed by atoms with Gasteiger partial charge in [0, 0.05) is 0 Å². The minimum Gasteiger partial charge on any atom is -0.238 e. The SMILES string of the molecule is [C]1=NSN=NN1. The van der Waals surface area contributed by atoms with Gasteiger partial charge >= 0.3 is 0 Å². The second-order valence-corrected chi connectivity index (χ2v) is 1.09. The van der Waals surface area contributed by atoms with Crippen molar-refractivity contribution in [2.24, 2.45) is 14.1 Å². The van der Waals surface area contributed by atoms with E-state index in [-0.39, 0.29) is 0 Å². The molecule has 0 amide bonds. The Morgan fingerprint density at radius 2 is 2.67 bits per heavy atom. The van der Waals surface area contributed by atoms with Crippen molar-refractivity contribution in [3.8, 4) is 0 Å². The summed E-state index contributed by atoms with van der Waals surface area (Å²) in [7, 11) is 0. The smallest absolute Gasteiger partial charge is 0.203 e. The molecule has 1 radical (unpaired) electrons. The fourth-order valence-corrected chi connectivity index (χ4v) is 0.316. The first-order valence-corrected chi connectivity index (χ1v) is 1.99. The number of rotatable bonds is 0. The van der Waals surface area contributed by atoms with Crippen molar-refractivity contribution in [2.75, 3.05) is 0 Å². The van der Waals surface area contributed by atoms with E-state index in [1.54, 1.807) is 0 Å². The monoisotopic (exact) mass is 101 g/mol. The second-order valence-electron chi connectivity index (χ2n) is 0.578. The maximum Gasteiger partial charge on any atom is 0.203 e. The van der Waals surface area contributed by atoms with Crippen molar-refractivity contribution in [1.82, 2.24) is 5.43 Å². The lowest BCUT2D eigenvalue weighted by atomic mass is 11.4. The summed E-state index contributed by atoms with van der Waals surface area (Å²) in [5, 5.41) is 3.31. The maximum absolute atomic E-state index is 3.47. The summed E-state index contributed by atoms with van der Waals surface area (Å²) in [5.74, 6) is 0. The molecule has 0 saturated heterocycles.